The predicted octanol–water partition coefficient (Wildman–Crippen LogP) is 4.23. The number of anilines is 1. The Morgan fingerprint density at radius 3 is 2.59 bits per heavy atom. The van der Waals surface area contributed by atoms with Gasteiger partial charge in [0.25, 0.3) is 0 Å². The van der Waals surface area contributed by atoms with Gasteiger partial charge < -0.3 is 25.0 Å². The van der Waals surface area contributed by atoms with Crippen molar-refractivity contribution in [3.05, 3.63) is 46.2 Å². The second-order valence-electron chi connectivity index (χ2n) is 8.68. The molecule has 3 N–H and O–H groups in total. The average Bonchev–Trinajstić information content (AvgIpc) is 3.09. The predicted molar refractivity (Wildman–Crippen MR) is 120 cm³/mol. The van der Waals surface area contributed by atoms with Gasteiger partial charge in [0.2, 0.25) is 5.60 Å². The van der Waals surface area contributed by atoms with E-state index in [4.69, 9.17) is 26.2 Å². The van der Waals surface area contributed by atoms with Gasteiger partial charge in [-0.3, -0.25) is 4.79 Å². The number of aliphatic hydroxyl groups excluding tert-OH is 1. The van der Waals surface area contributed by atoms with Crippen molar-refractivity contribution < 1.29 is 37.7 Å². The first-order chi connectivity index (χ1) is 15.8. The van der Waals surface area contributed by atoms with Crippen LogP contribution in [0.3, 0.4) is 0 Å². The maximum absolute atomic E-state index is 14.1. The topological polar surface area (TPSA) is 101 Å². The molecule has 0 amide bonds. The van der Waals surface area contributed by atoms with Gasteiger partial charge in [0.1, 0.15) is 6.61 Å². The van der Waals surface area contributed by atoms with E-state index in [9.17, 15) is 23.1 Å². The Kier molecular flexibility index (Phi) is 7.35. The monoisotopic (exact) mass is 502 g/mol. The Bertz CT molecular complexity index is 1080. The zero-order valence-corrected chi connectivity index (χ0v) is 19.7. The lowest BCUT2D eigenvalue weighted by Crippen LogP contribution is -2.43. The number of pyridine rings is 1. The molecule has 7 nitrogen and oxygen atoms in total. The molecule has 0 fully saturated rings. The van der Waals surface area contributed by atoms with Gasteiger partial charge in [0, 0.05) is 23.9 Å². The summed E-state index contributed by atoms with van der Waals surface area (Å²) in [4.78, 5) is 16.6. The summed E-state index contributed by atoms with van der Waals surface area (Å²) >= 11 is 6.14. The number of aromatic nitrogens is 1. The molecule has 11 heteroatoms. The highest BCUT2D eigenvalue weighted by molar-refractivity contribution is 6.32. The lowest BCUT2D eigenvalue weighted by atomic mass is 9.84. The number of alkyl halides is 3. The normalized spacial score (nSPS) is 16.4. The summed E-state index contributed by atoms with van der Waals surface area (Å²) < 4.78 is 52.7. The first-order valence-electron chi connectivity index (χ1n) is 10.5. The molecule has 1 aromatic carbocycles. The van der Waals surface area contributed by atoms with Gasteiger partial charge >= 0.3 is 6.18 Å². The maximum atomic E-state index is 14.1. The smallest absolute Gasteiger partial charge is 0.422 e. The van der Waals surface area contributed by atoms with Crippen LogP contribution in [-0.4, -0.2) is 54.0 Å². The molecule has 1 aliphatic heterocycles. The van der Waals surface area contributed by atoms with E-state index in [-0.39, 0.29) is 35.4 Å². The van der Waals surface area contributed by atoms with Gasteiger partial charge in [-0.25, -0.2) is 4.98 Å². The molecular weight excluding hydrogens is 477 g/mol. The van der Waals surface area contributed by atoms with Gasteiger partial charge in [-0.1, -0.05) is 25.4 Å². The largest absolute Gasteiger partial charge is 0.493 e. The number of benzene rings is 1. The summed E-state index contributed by atoms with van der Waals surface area (Å²) in [6, 6.07) is 5.34. The number of nitrogens with one attached hydrogen (secondary N) is 1. The van der Waals surface area contributed by atoms with Crippen LogP contribution in [0.25, 0.3) is 0 Å². The number of hydrogen-bond donors (Lipinski definition) is 3. The molecule has 2 heterocycles. The number of carbonyl (C=O) groups excluding carboxylic acids is 1. The fraction of sp³-hybridized carbons (Fsp3) is 0.478. The number of methoxy groups -OCH3 is 1. The van der Waals surface area contributed by atoms with Gasteiger partial charge in [0.15, 0.2) is 22.4 Å². The summed E-state index contributed by atoms with van der Waals surface area (Å²) in [5, 5.41) is 22.5. The number of fused-ring (bicyclic) bond motifs is 1. The third-order valence-electron chi connectivity index (χ3n) is 5.85. The quantitative estimate of drug-likeness (QED) is 0.348. The number of carbonyl (C=O) groups is 1. The van der Waals surface area contributed by atoms with Gasteiger partial charge in [-0.15, -0.1) is 0 Å². The molecule has 1 atom stereocenters. The van der Waals surface area contributed by atoms with E-state index >= 15 is 0 Å². The first kappa shape index (κ1) is 26.1. The molecule has 3 rings (SSSR count). The van der Waals surface area contributed by atoms with Crippen LogP contribution in [0.1, 0.15) is 48.3 Å². The third-order valence-corrected chi connectivity index (χ3v) is 6.13. The van der Waals surface area contributed by atoms with Crippen LogP contribution in [0.4, 0.5) is 18.9 Å². The van der Waals surface area contributed by atoms with Gasteiger partial charge in [0.05, 0.1) is 25.1 Å². The Morgan fingerprint density at radius 2 is 1.97 bits per heavy atom. The average molecular weight is 503 g/mol. The molecule has 2 aromatic rings. The van der Waals surface area contributed by atoms with Crippen molar-refractivity contribution in [3.8, 4) is 11.5 Å². The van der Waals surface area contributed by atoms with E-state index in [1.807, 2.05) is 13.8 Å². The number of rotatable bonds is 9. The Hall–Kier alpha value is -2.56. The van der Waals surface area contributed by atoms with Crippen molar-refractivity contribution in [1.29, 1.82) is 0 Å². The molecule has 1 unspecified atom stereocenters. The van der Waals surface area contributed by atoms with Gasteiger partial charge in [-0.05, 0) is 36.2 Å². The number of ketones is 1. The van der Waals surface area contributed by atoms with Crippen molar-refractivity contribution in [1.82, 2.24) is 4.98 Å². The van der Waals surface area contributed by atoms with Crippen LogP contribution in [0.2, 0.25) is 5.15 Å². The van der Waals surface area contributed by atoms with Crippen LogP contribution < -0.4 is 14.8 Å². The van der Waals surface area contributed by atoms with E-state index in [2.05, 4.69) is 10.3 Å². The third kappa shape index (κ3) is 4.94. The molecule has 1 aromatic heterocycles. The van der Waals surface area contributed by atoms with E-state index in [0.29, 0.717) is 17.8 Å². The molecule has 1 aliphatic rings. The number of nitrogens with zero attached hydrogens (tertiary/aromatic N) is 1. The number of halogens is 4. The Balaban J connectivity index is 1.89. The Labute approximate surface area is 199 Å². The van der Waals surface area contributed by atoms with E-state index in [0.717, 1.165) is 0 Å². The minimum absolute atomic E-state index is 0.00489. The molecule has 0 radical (unpaired) electrons. The number of hydrogen-bond acceptors (Lipinski definition) is 7. The molecule has 0 bridgehead atoms. The fourth-order valence-corrected chi connectivity index (χ4v) is 4.06. The van der Waals surface area contributed by atoms with Gasteiger partial charge in [-0.2, -0.15) is 13.2 Å². The van der Waals surface area contributed by atoms with E-state index in [1.54, 1.807) is 0 Å². The van der Waals surface area contributed by atoms with E-state index in [1.165, 1.54) is 31.4 Å². The molecule has 0 saturated heterocycles. The zero-order valence-electron chi connectivity index (χ0n) is 18.9. The van der Waals surface area contributed by atoms with Crippen molar-refractivity contribution in [2.24, 2.45) is 0 Å². The standard InChI is InChI=1S/C23H26ClF3N2O5/c1-21(2)12-28-19-14(21)11-18(29-20(19)24)22(32,23(25,26)27)7-6-15(31)13-4-5-16(34-9-8-30)17(10-13)33-3/h4-5,10-11,28,30,32H,6-9,12H2,1-3H3. The molecule has 186 valence electrons. The lowest BCUT2D eigenvalue weighted by molar-refractivity contribution is -0.270. The van der Waals surface area contributed by atoms with Crippen molar-refractivity contribution in [2.45, 2.75) is 43.9 Å². The Morgan fingerprint density at radius 1 is 1.26 bits per heavy atom. The minimum Gasteiger partial charge on any atom is -0.493 e. The zero-order chi connectivity index (χ0) is 25.3. The molecule has 34 heavy (non-hydrogen) atoms. The molecule has 0 saturated carbocycles. The second-order valence-corrected chi connectivity index (χ2v) is 9.04. The summed E-state index contributed by atoms with van der Waals surface area (Å²) in [6.45, 7) is 3.90. The lowest BCUT2D eigenvalue weighted by Gasteiger charge is -2.31. The minimum atomic E-state index is -5.10. The van der Waals surface area contributed by atoms with Crippen LogP contribution >= 0.6 is 11.6 Å². The van der Waals surface area contributed by atoms with Crippen molar-refractivity contribution >= 4 is 23.1 Å². The number of aliphatic hydroxyl groups is 2. The summed E-state index contributed by atoms with van der Waals surface area (Å²) in [7, 11) is 1.34. The summed E-state index contributed by atoms with van der Waals surface area (Å²) in [5.41, 5.74) is -3.52. The first-order valence-corrected chi connectivity index (χ1v) is 10.9. The highest BCUT2D eigenvalue weighted by Gasteiger charge is 2.56. The van der Waals surface area contributed by atoms with Crippen LogP contribution in [0.15, 0.2) is 24.3 Å². The maximum Gasteiger partial charge on any atom is 0.422 e. The molecular formula is C23H26ClF3N2O5. The SMILES string of the molecule is COc1cc(C(=O)CCC(O)(c2cc3c(c(Cl)n2)NCC3(C)C)C(F)(F)F)ccc1OCCO. The molecule has 0 spiro atoms. The number of Topliss-reactive ketones (excluding diaryl/α,β-unsaturated/α-hetero) is 1. The van der Waals surface area contributed by atoms with Crippen LogP contribution in [-0.2, 0) is 11.0 Å². The van der Waals surface area contributed by atoms with Crippen molar-refractivity contribution in [3.63, 3.8) is 0 Å². The highest BCUT2D eigenvalue weighted by atomic mass is 35.5. The summed E-state index contributed by atoms with van der Waals surface area (Å²) in [5.74, 6) is -0.177. The fourth-order valence-electron chi connectivity index (χ4n) is 3.80. The van der Waals surface area contributed by atoms with Crippen LogP contribution in [0.5, 0.6) is 11.5 Å². The molecule has 0 aliphatic carbocycles. The number of ether oxygens (including phenoxy) is 2. The second kappa shape index (κ2) is 9.59. The van der Waals surface area contributed by atoms with Crippen molar-refractivity contribution in [2.75, 3.05) is 32.2 Å². The highest BCUT2D eigenvalue weighted by Crippen LogP contribution is 2.47. The van der Waals surface area contributed by atoms with Crippen LogP contribution in [0, 0.1) is 0 Å². The van der Waals surface area contributed by atoms with E-state index < -0.39 is 41.5 Å². The summed E-state index contributed by atoms with van der Waals surface area (Å²) in [6.07, 6.45) is -6.67.